The second kappa shape index (κ2) is 3.05. The quantitative estimate of drug-likeness (QED) is 0.665. The Kier molecular flexibility index (Phi) is 2.29. The van der Waals surface area contributed by atoms with Gasteiger partial charge in [0, 0.05) is 5.82 Å². The van der Waals surface area contributed by atoms with Gasteiger partial charge < -0.3 is 14.2 Å². The van der Waals surface area contributed by atoms with Gasteiger partial charge in [-0.25, -0.2) is 0 Å². The van der Waals surface area contributed by atoms with Crippen molar-refractivity contribution < 1.29 is 18.8 Å². The highest BCUT2D eigenvalue weighted by atomic mass is 31.2. The highest BCUT2D eigenvalue weighted by Crippen LogP contribution is 2.36. The van der Waals surface area contributed by atoms with Gasteiger partial charge in [0.15, 0.2) is 0 Å². The Labute approximate surface area is 63.3 Å². The van der Waals surface area contributed by atoms with Crippen molar-refractivity contribution >= 4 is 13.7 Å². The average molecular weight is 174 g/mol. The third-order valence-corrected chi connectivity index (χ3v) is 1.51. The van der Waals surface area contributed by atoms with Crippen LogP contribution in [0.4, 0.5) is 0 Å². The monoisotopic (exact) mass is 174 g/mol. The van der Waals surface area contributed by atoms with Crippen molar-refractivity contribution in [1.29, 1.82) is 0 Å². The number of hydrogen-bond donors (Lipinski definition) is 2. The van der Waals surface area contributed by atoms with Gasteiger partial charge in [-0.05, 0) is 18.2 Å². The molecule has 0 radical (unpaired) electrons. The molecule has 1 heterocycles. The van der Waals surface area contributed by atoms with Crippen molar-refractivity contribution in [2.45, 2.75) is 0 Å². The first-order chi connectivity index (χ1) is 5.08. The largest absolute Gasteiger partial charge is 0.465 e. The molecule has 0 saturated carbocycles. The van der Waals surface area contributed by atoms with E-state index in [2.05, 4.69) is 0 Å². The lowest BCUT2D eigenvalue weighted by Gasteiger charge is -1.91. The normalized spacial score (nSPS) is 12.5. The van der Waals surface area contributed by atoms with E-state index in [-0.39, 0.29) is 0 Å². The zero-order valence-electron chi connectivity index (χ0n) is 5.54. The van der Waals surface area contributed by atoms with E-state index in [1.807, 2.05) is 0 Å². The third-order valence-electron chi connectivity index (χ3n) is 0.976. The minimum Gasteiger partial charge on any atom is -0.465 e. The topological polar surface area (TPSA) is 70.7 Å². The Bertz CT molecular complexity index is 282. The van der Waals surface area contributed by atoms with Crippen LogP contribution in [-0.2, 0) is 4.57 Å². The highest BCUT2D eigenvalue weighted by molar-refractivity contribution is 7.55. The van der Waals surface area contributed by atoms with E-state index in [0.717, 1.165) is 5.82 Å². The molecule has 2 N–H and O–H groups in total. The van der Waals surface area contributed by atoms with E-state index in [9.17, 15) is 4.57 Å². The molecule has 0 unspecified atom stereocenters. The lowest BCUT2D eigenvalue weighted by Crippen LogP contribution is -1.68. The summed E-state index contributed by atoms with van der Waals surface area (Å²) in [5.74, 6) is 1.22. The first-order valence-corrected chi connectivity index (χ1v) is 4.54. The van der Waals surface area contributed by atoms with Crippen LogP contribution in [0, 0.1) is 0 Å². The van der Waals surface area contributed by atoms with Gasteiger partial charge in [-0.3, -0.25) is 4.57 Å². The molecule has 0 bridgehead atoms. The Hall–Kier alpha value is -0.830. The molecule has 1 rings (SSSR count). The Morgan fingerprint density at radius 1 is 1.55 bits per heavy atom. The molecule has 11 heavy (non-hydrogen) atoms. The Morgan fingerprint density at radius 2 is 2.27 bits per heavy atom. The molecule has 0 atom stereocenters. The summed E-state index contributed by atoms with van der Waals surface area (Å²) in [7, 11) is -4.05. The summed E-state index contributed by atoms with van der Waals surface area (Å²) < 4.78 is 15.1. The van der Waals surface area contributed by atoms with Crippen LogP contribution in [-0.4, -0.2) is 9.79 Å². The second-order valence-corrected chi connectivity index (χ2v) is 3.40. The summed E-state index contributed by atoms with van der Waals surface area (Å²) in [6, 6.07) is 3.24. The Morgan fingerprint density at radius 3 is 2.73 bits per heavy atom. The standard InChI is InChI=1S/C6H7O4P/c7-11(8,9)5-3-6-2-1-4-10-6/h1-5H,(H2,7,8,9). The van der Waals surface area contributed by atoms with Gasteiger partial charge in [-0.1, -0.05) is 0 Å². The second-order valence-electron chi connectivity index (χ2n) is 1.92. The molecular weight excluding hydrogens is 167 g/mol. The first-order valence-electron chi connectivity index (χ1n) is 2.86. The SMILES string of the molecule is O=P(O)(O)C=Cc1ccco1. The number of furan rings is 1. The van der Waals surface area contributed by atoms with Crippen LogP contribution >= 0.6 is 7.60 Å². The Balaban J connectivity index is 2.71. The van der Waals surface area contributed by atoms with Crippen LogP contribution in [0.25, 0.3) is 6.08 Å². The maximum atomic E-state index is 10.3. The maximum Gasteiger partial charge on any atom is 0.349 e. The summed E-state index contributed by atoms with van der Waals surface area (Å²) in [5, 5.41) is 0. The molecule has 0 saturated heterocycles. The maximum absolute atomic E-state index is 10.3. The van der Waals surface area contributed by atoms with Crippen LogP contribution in [0.5, 0.6) is 0 Å². The van der Waals surface area contributed by atoms with Gasteiger partial charge in [0.25, 0.3) is 0 Å². The van der Waals surface area contributed by atoms with Gasteiger partial charge >= 0.3 is 7.60 Å². The number of rotatable bonds is 2. The molecular formula is C6H7O4P. The zero-order valence-corrected chi connectivity index (χ0v) is 6.44. The first kappa shape index (κ1) is 8.27. The fourth-order valence-electron chi connectivity index (χ4n) is 0.557. The lowest BCUT2D eigenvalue weighted by molar-refractivity contribution is 0.386. The fraction of sp³-hybridized carbons (Fsp3) is 0. The molecule has 5 heteroatoms. The van der Waals surface area contributed by atoms with E-state index < -0.39 is 7.60 Å². The van der Waals surface area contributed by atoms with Gasteiger partial charge in [-0.2, -0.15) is 0 Å². The fourth-order valence-corrected chi connectivity index (χ4v) is 0.898. The molecule has 0 fully saturated rings. The molecule has 0 aliphatic rings. The lowest BCUT2D eigenvalue weighted by atomic mass is 10.5. The molecule has 0 amide bonds. The van der Waals surface area contributed by atoms with Gasteiger partial charge in [0.1, 0.15) is 5.76 Å². The van der Waals surface area contributed by atoms with E-state index in [0.29, 0.717) is 5.76 Å². The third kappa shape index (κ3) is 3.18. The molecule has 0 spiro atoms. The van der Waals surface area contributed by atoms with Crippen molar-refractivity contribution in [3.63, 3.8) is 0 Å². The molecule has 0 aromatic carbocycles. The molecule has 0 aliphatic carbocycles. The van der Waals surface area contributed by atoms with Crippen molar-refractivity contribution in [2.75, 3.05) is 0 Å². The minimum atomic E-state index is -4.05. The minimum absolute atomic E-state index is 0.424. The van der Waals surface area contributed by atoms with Crippen molar-refractivity contribution in [3.8, 4) is 0 Å². The highest BCUT2D eigenvalue weighted by Gasteiger charge is 2.05. The van der Waals surface area contributed by atoms with Crippen molar-refractivity contribution in [1.82, 2.24) is 0 Å². The zero-order chi connectivity index (χ0) is 8.32. The van der Waals surface area contributed by atoms with Crippen LogP contribution in [0.3, 0.4) is 0 Å². The summed E-state index contributed by atoms with van der Waals surface area (Å²) >= 11 is 0. The summed E-state index contributed by atoms with van der Waals surface area (Å²) in [5.41, 5.74) is 0. The van der Waals surface area contributed by atoms with Gasteiger partial charge in [-0.15, -0.1) is 0 Å². The molecule has 4 nitrogen and oxygen atoms in total. The average Bonchev–Trinajstić information content (AvgIpc) is 2.32. The van der Waals surface area contributed by atoms with Gasteiger partial charge in [0.05, 0.1) is 6.26 Å². The van der Waals surface area contributed by atoms with Crippen molar-refractivity contribution in [2.24, 2.45) is 0 Å². The summed E-state index contributed by atoms with van der Waals surface area (Å²) in [4.78, 5) is 16.8. The predicted molar refractivity (Wildman–Crippen MR) is 39.8 cm³/mol. The molecule has 1 aromatic rings. The molecule has 1 aromatic heterocycles. The van der Waals surface area contributed by atoms with Crippen LogP contribution in [0.1, 0.15) is 5.76 Å². The van der Waals surface area contributed by atoms with Gasteiger partial charge in [0.2, 0.25) is 0 Å². The summed E-state index contributed by atoms with van der Waals surface area (Å²) in [6.07, 6.45) is 2.67. The van der Waals surface area contributed by atoms with E-state index in [4.69, 9.17) is 14.2 Å². The van der Waals surface area contributed by atoms with Crippen molar-refractivity contribution in [3.05, 3.63) is 30.0 Å². The van der Waals surface area contributed by atoms with E-state index in [1.54, 1.807) is 12.1 Å². The molecule has 60 valence electrons. The van der Waals surface area contributed by atoms with Crippen LogP contribution < -0.4 is 0 Å². The van der Waals surface area contributed by atoms with Crippen LogP contribution in [0.2, 0.25) is 0 Å². The smallest absolute Gasteiger partial charge is 0.349 e. The summed E-state index contributed by atoms with van der Waals surface area (Å²) in [6.45, 7) is 0. The van der Waals surface area contributed by atoms with E-state index >= 15 is 0 Å². The van der Waals surface area contributed by atoms with E-state index in [1.165, 1.54) is 12.3 Å². The predicted octanol–water partition coefficient (Wildman–Crippen LogP) is 1.43. The number of hydrogen-bond acceptors (Lipinski definition) is 2. The molecule has 0 aliphatic heterocycles. The van der Waals surface area contributed by atoms with Crippen LogP contribution in [0.15, 0.2) is 28.6 Å².